The fourth-order valence-corrected chi connectivity index (χ4v) is 0.559. The molecule has 4 heteroatoms. The fraction of sp³-hybridized carbons (Fsp3) is 0.333. The van der Waals surface area contributed by atoms with Crippen LogP contribution in [0.2, 0.25) is 0 Å². The first kappa shape index (κ1) is 19.7. The number of carboxylic acid groups (broad SMARTS) is 1. The van der Waals surface area contributed by atoms with Crippen molar-refractivity contribution in [2.45, 2.75) is 20.3 Å². The molecule has 92 valence electrons. The number of hydrogen-bond donors (Lipinski definition) is 1. The Morgan fingerprint density at radius 2 is 1.81 bits per heavy atom. The van der Waals surface area contributed by atoms with Gasteiger partial charge in [0, 0.05) is 6.92 Å². The molecule has 0 saturated heterocycles. The molecule has 16 heavy (non-hydrogen) atoms. The summed E-state index contributed by atoms with van der Waals surface area (Å²) in [5, 5.41) is 8.30. The Labute approximate surface area is 96.9 Å². The Morgan fingerprint density at radius 3 is 1.81 bits per heavy atom. The van der Waals surface area contributed by atoms with E-state index in [1.165, 1.54) is 13.0 Å². The predicted octanol–water partition coefficient (Wildman–Crippen LogP) is 2.78. The molecule has 0 radical (unpaired) electrons. The summed E-state index contributed by atoms with van der Waals surface area (Å²) in [7, 11) is 0. The normalized spacial score (nSPS) is 9.12. The number of carbonyl (C=O) groups is 2. The predicted molar refractivity (Wildman–Crippen MR) is 64.8 cm³/mol. The first-order chi connectivity index (χ1) is 7.49. The van der Waals surface area contributed by atoms with Gasteiger partial charge in [-0.3, -0.25) is 9.59 Å². The zero-order chi connectivity index (χ0) is 13.6. The topological polar surface area (TPSA) is 63.6 Å². The molecule has 0 bridgehead atoms. The van der Waals surface area contributed by atoms with E-state index in [1.54, 1.807) is 0 Å². The summed E-state index contributed by atoms with van der Waals surface area (Å²) in [6.07, 6.45) is 3.17. The van der Waals surface area contributed by atoms with Gasteiger partial charge in [-0.2, -0.15) is 0 Å². The van der Waals surface area contributed by atoms with Gasteiger partial charge in [0.15, 0.2) is 0 Å². The lowest BCUT2D eigenvalue weighted by Crippen LogP contribution is -2.08. The van der Waals surface area contributed by atoms with Crippen molar-refractivity contribution in [3.05, 3.63) is 38.7 Å². The van der Waals surface area contributed by atoms with Crippen LogP contribution in [-0.2, 0) is 14.3 Å². The van der Waals surface area contributed by atoms with Gasteiger partial charge in [0.2, 0.25) is 0 Å². The van der Waals surface area contributed by atoms with Gasteiger partial charge >= 0.3 is 11.9 Å². The van der Waals surface area contributed by atoms with Crippen molar-refractivity contribution in [1.82, 2.24) is 0 Å². The van der Waals surface area contributed by atoms with Crippen LogP contribution in [0, 0.1) is 5.92 Å². The first-order valence-electron chi connectivity index (χ1n) is 4.63. The second-order valence-electron chi connectivity index (χ2n) is 2.36. The van der Waals surface area contributed by atoms with Crippen molar-refractivity contribution in [3.63, 3.8) is 0 Å². The summed E-state index contributed by atoms with van der Waals surface area (Å²) in [5.41, 5.74) is 0. The largest absolute Gasteiger partial charge is 0.481 e. The van der Waals surface area contributed by atoms with Crippen LogP contribution in [0.3, 0.4) is 0 Å². The average Bonchev–Trinajstić information content (AvgIpc) is 2.22. The number of hydrogen-bond acceptors (Lipinski definition) is 3. The van der Waals surface area contributed by atoms with Crippen molar-refractivity contribution in [2.75, 3.05) is 0 Å². The maximum atomic E-state index is 10.1. The summed E-state index contributed by atoms with van der Waals surface area (Å²) < 4.78 is 4.17. The third kappa shape index (κ3) is 18.0. The minimum Gasteiger partial charge on any atom is -0.481 e. The van der Waals surface area contributed by atoms with Crippen LogP contribution in [0.25, 0.3) is 0 Å². The van der Waals surface area contributed by atoms with Crippen LogP contribution in [-0.4, -0.2) is 17.0 Å². The zero-order valence-corrected chi connectivity index (χ0v) is 9.94. The molecule has 1 unspecified atom stereocenters. The molecule has 1 atom stereocenters. The number of ether oxygens (including phenoxy) is 1. The molecule has 0 aliphatic rings. The highest BCUT2D eigenvalue weighted by Crippen LogP contribution is 2.01. The second-order valence-corrected chi connectivity index (χ2v) is 2.36. The van der Waals surface area contributed by atoms with Gasteiger partial charge in [-0.25, -0.2) is 0 Å². The van der Waals surface area contributed by atoms with Crippen molar-refractivity contribution < 1.29 is 19.4 Å². The second kappa shape index (κ2) is 15.6. The van der Waals surface area contributed by atoms with Crippen LogP contribution in [0.1, 0.15) is 20.3 Å². The van der Waals surface area contributed by atoms with Gasteiger partial charge in [0.05, 0.1) is 12.2 Å². The summed E-state index contributed by atoms with van der Waals surface area (Å²) in [6, 6.07) is 0. The fourth-order valence-electron chi connectivity index (χ4n) is 0.559. The van der Waals surface area contributed by atoms with E-state index in [-0.39, 0.29) is 11.9 Å². The van der Waals surface area contributed by atoms with E-state index < -0.39 is 5.97 Å². The highest BCUT2D eigenvalue weighted by atomic mass is 16.5. The molecule has 0 aromatic carbocycles. The molecule has 1 N–H and O–H groups in total. The third-order valence-corrected chi connectivity index (χ3v) is 1.29. The van der Waals surface area contributed by atoms with E-state index in [0.29, 0.717) is 6.42 Å². The van der Waals surface area contributed by atoms with Gasteiger partial charge in [-0.15, -0.1) is 19.7 Å². The van der Waals surface area contributed by atoms with Gasteiger partial charge < -0.3 is 9.84 Å². The lowest BCUT2D eigenvalue weighted by atomic mass is 10.1. The highest BCUT2D eigenvalue weighted by Gasteiger charge is 2.07. The van der Waals surface area contributed by atoms with E-state index in [1.807, 2.05) is 6.92 Å². The Hall–Kier alpha value is -1.84. The Kier molecular flexibility index (Phi) is 19.2. The van der Waals surface area contributed by atoms with E-state index in [4.69, 9.17) is 5.11 Å². The summed E-state index contributed by atoms with van der Waals surface area (Å²) in [6.45, 7) is 15.7. The van der Waals surface area contributed by atoms with Crippen LogP contribution in [0.5, 0.6) is 0 Å². The zero-order valence-electron chi connectivity index (χ0n) is 9.94. The standard InChI is InChI=1S/C6H10O2.C4H6O2.C2H4/c1-3-5(4-2)6(7)8;1-3-6-4(2)5;1-2/h3,5H,1,4H2,2H3,(H,7,8);3H,1H2,2H3;1-2H2. The van der Waals surface area contributed by atoms with Crippen LogP contribution < -0.4 is 0 Å². The van der Waals surface area contributed by atoms with E-state index in [2.05, 4.69) is 31.1 Å². The maximum absolute atomic E-state index is 10.1. The van der Waals surface area contributed by atoms with E-state index >= 15 is 0 Å². The number of esters is 1. The minimum absolute atomic E-state index is 0.329. The molecule has 0 aliphatic heterocycles. The maximum Gasteiger partial charge on any atom is 0.310 e. The molecule has 0 heterocycles. The van der Waals surface area contributed by atoms with Gasteiger partial charge in [0.1, 0.15) is 0 Å². The molecule has 0 aromatic heterocycles. The van der Waals surface area contributed by atoms with Crippen molar-refractivity contribution in [2.24, 2.45) is 5.92 Å². The van der Waals surface area contributed by atoms with E-state index in [9.17, 15) is 9.59 Å². The number of carboxylic acids is 1. The molecule has 0 saturated carbocycles. The molecule has 0 fully saturated rings. The summed E-state index contributed by atoms with van der Waals surface area (Å²) in [5.74, 6) is -1.48. The quantitative estimate of drug-likeness (QED) is 0.456. The van der Waals surface area contributed by atoms with Crippen LogP contribution in [0.4, 0.5) is 0 Å². The summed E-state index contributed by atoms with van der Waals surface area (Å²) in [4.78, 5) is 19.8. The average molecular weight is 228 g/mol. The van der Waals surface area contributed by atoms with Gasteiger partial charge in [-0.05, 0) is 6.42 Å². The molecule has 0 aromatic rings. The number of aliphatic carboxylic acids is 1. The number of carbonyl (C=O) groups excluding carboxylic acids is 1. The van der Waals surface area contributed by atoms with Crippen molar-refractivity contribution in [3.8, 4) is 0 Å². The molecule has 0 aliphatic carbocycles. The van der Waals surface area contributed by atoms with Gasteiger partial charge in [-0.1, -0.05) is 19.6 Å². The molecule has 0 rings (SSSR count). The third-order valence-electron chi connectivity index (χ3n) is 1.29. The Balaban J connectivity index is -0.000000188. The first-order valence-corrected chi connectivity index (χ1v) is 4.63. The molecule has 0 amide bonds. The van der Waals surface area contributed by atoms with Crippen molar-refractivity contribution >= 4 is 11.9 Å². The summed E-state index contributed by atoms with van der Waals surface area (Å²) >= 11 is 0. The number of rotatable bonds is 4. The Bertz CT molecular complexity index is 221. The SMILES string of the molecule is C=C.C=CC(CC)C(=O)O.C=COC(C)=O. The van der Waals surface area contributed by atoms with Gasteiger partial charge in [0.25, 0.3) is 0 Å². The van der Waals surface area contributed by atoms with Crippen LogP contribution in [0.15, 0.2) is 38.7 Å². The van der Waals surface area contributed by atoms with E-state index in [0.717, 1.165) is 6.26 Å². The Morgan fingerprint density at radius 1 is 1.38 bits per heavy atom. The smallest absolute Gasteiger partial charge is 0.310 e. The van der Waals surface area contributed by atoms with Crippen LogP contribution >= 0.6 is 0 Å². The lowest BCUT2D eigenvalue weighted by molar-refractivity contribution is -0.140. The monoisotopic (exact) mass is 228 g/mol. The minimum atomic E-state index is -0.789. The molecular formula is C12H20O4. The molecule has 4 nitrogen and oxygen atoms in total. The lowest BCUT2D eigenvalue weighted by Gasteiger charge is -1.98. The van der Waals surface area contributed by atoms with Crippen molar-refractivity contribution in [1.29, 1.82) is 0 Å². The molecule has 0 spiro atoms. The molecular weight excluding hydrogens is 208 g/mol. The highest BCUT2D eigenvalue weighted by molar-refractivity contribution is 5.71.